The van der Waals surface area contributed by atoms with Gasteiger partial charge in [-0.25, -0.2) is 15.0 Å². The molecule has 1 unspecified atom stereocenters. The molecule has 1 atom stereocenters. The van der Waals surface area contributed by atoms with Gasteiger partial charge in [-0.2, -0.15) is 0 Å². The Bertz CT molecular complexity index is 1340. The van der Waals surface area contributed by atoms with Gasteiger partial charge in [0.05, 0.1) is 23.8 Å². The van der Waals surface area contributed by atoms with Gasteiger partial charge in [-0.05, 0) is 64.4 Å². The van der Waals surface area contributed by atoms with Crippen molar-refractivity contribution in [3.8, 4) is 17.0 Å². The molecule has 3 aromatic heterocycles. The van der Waals surface area contributed by atoms with E-state index in [9.17, 15) is 0 Å². The monoisotopic (exact) mass is 445 g/mol. The molecule has 1 saturated heterocycles. The lowest BCUT2D eigenvalue weighted by atomic mass is 10.0. The third-order valence-electron chi connectivity index (χ3n) is 6.13. The summed E-state index contributed by atoms with van der Waals surface area (Å²) in [5.74, 6) is 2.40. The lowest BCUT2D eigenvalue weighted by Crippen LogP contribution is -2.44. The molecule has 4 heterocycles. The lowest BCUT2D eigenvalue weighted by Gasteiger charge is -2.26. The van der Waals surface area contributed by atoms with Crippen molar-refractivity contribution in [1.82, 2.24) is 20.3 Å². The molecule has 0 amide bonds. The molecule has 0 spiro atoms. The molecule has 1 N–H and O–H groups in total. The predicted molar refractivity (Wildman–Crippen MR) is 132 cm³/mol. The predicted octanol–water partition coefficient (Wildman–Crippen LogP) is 5.03. The highest BCUT2D eigenvalue weighted by atomic mass is 16.5. The summed E-state index contributed by atoms with van der Waals surface area (Å²) < 4.78 is 11.5. The number of methoxy groups -OCH3 is 1. The maximum Gasteiger partial charge on any atom is 0.192 e. The zero-order valence-electron chi connectivity index (χ0n) is 20.2. The smallest absolute Gasteiger partial charge is 0.192 e. The van der Waals surface area contributed by atoms with Crippen LogP contribution in [0.5, 0.6) is 5.75 Å². The zero-order valence-corrected chi connectivity index (χ0v) is 20.2. The van der Waals surface area contributed by atoms with Crippen LogP contribution in [-0.2, 0) is 0 Å². The summed E-state index contributed by atoms with van der Waals surface area (Å²) in [6, 6.07) is 10.6. The Morgan fingerprint density at radius 1 is 1.06 bits per heavy atom. The van der Waals surface area contributed by atoms with Crippen molar-refractivity contribution in [1.29, 1.82) is 0 Å². The molecule has 1 aliphatic rings. The average molecular weight is 446 g/mol. The highest BCUT2D eigenvalue weighted by Crippen LogP contribution is 2.38. The molecule has 4 aromatic rings. The minimum absolute atomic E-state index is 0.116. The third-order valence-corrected chi connectivity index (χ3v) is 6.13. The minimum atomic E-state index is 0.116. The molecule has 0 bridgehead atoms. The van der Waals surface area contributed by atoms with Crippen LogP contribution in [0.3, 0.4) is 0 Å². The second-order valence-corrected chi connectivity index (χ2v) is 9.89. The first-order chi connectivity index (χ1) is 15.7. The van der Waals surface area contributed by atoms with E-state index in [2.05, 4.69) is 48.1 Å². The molecular formula is C26H31N5O2. The van der Waals surface area contributed by atoms with Crippen LogP contribution in [0, 0.1) is 13.8 Å². The maximum absolute atomic E-state index is 5.79. The van der Waals surface area contributed by atoms with Crippen molar-refractivity contribution < 1.29 is 9.15 Å². The fourth-order valence-corrected chi connectivity index (χ4v) is 4.79. The number of hydrogen-bond donors (Lipinski definition) is 1. The van der Waals surface area contributed by atoms with Gasteiger partial charge in [0.15, 0.2) is 11.5 Å². The number of benzene rings is 1. The third kappa shape index (κ3) is 4.13. The van der Waals surface area contributed by atoms with Gasteiger partial charge in [0, 0.05) is 42.7 Å². The molecule has 1 aliphatic heterocycles. The number of hydrogen-bond acceptors (Lipinski definition) is 7. The van der Waals surface area contributed by atoms with Crippen LogP contribution in [0.1, 0.15) is 38.6 Å². The van der Waals surface area contributed by atoms with Crippen molar-refractivity contribution in [2.24, 2.45) is 0 Å². The second kappa shape index (κ2) is 7.99. The Labute approximate surface area is 194 Å². The number of nitrogens with one attached hydrogen (secondary N) is 1. The van der Waals surface area contributed by atoms with Crippen LogP contribution >= 0.6 is 0 Å². The first-order valence-electron chi connectivity index (χ1n) is 11.5. The molecule has 0 saturated carbocycles. The van der Waals surface area contributed by atoms with E-state index >= 15 is 0 Å². The number of aromatic nitrogens is 3. The molecule has 7 nitrogen and oxygen atoms in total. The van der Waals surface area contributed by atoms with Crippen LogP contribution in [0.25, 0.3) is 33.4 Å². The number of fused-ring (bicyclic) bond motifs is 2. The van der Waals surface area contributed by atoms with E-state index in [4.69, 9.17) is 19.1 Å². The summed E-state index contributed by atoms with van der Waals surface area (Å²) in [5.41, 5.74) is 6.08. The van der Waals surface area contributed by atoms with E-state index in [1.807, 2.05) is 32.0 Å². The van der Waals surface area contributed by atoms with Crippen molar-refractivity contribution >= 4 is 28.0 Å². The van der Waals surface area contributed by atoms with Crippen LogP contribution in [0.2, 0.25) is 0 Å². The second-order valence-electron chi connectivity index (χ2n) is 9.89. The number of ether oxygens (including phenoxy) is 1. The van der Waals surface area contributed by atoms with Crippen LogP contribution in [0.4, 0.5) is 5.82 Å². The maximum atomic E-state index is 5.79. The van der Waals surface area contributed by atoms with Gasteiger partial charge < -0.3 is 19.4 Å². The molecule has 0 aliphatic carbocycles. The van der Waals surface area contributed by atoms with E-state index in [-0.39, 0.29) is 5.54 Å². The van der Waals surface area contributed by atoms with E-state index in [0.29, 0.717) is 11.9 Å². The molecule has 1 aromatic carbocycles. The fourth-order valence-electron chi connectivity index (χ4n) is 4.79. The topological polar surface area (TPSA) is 76.3 Å². The number of pyridine rings is 2. The van der Waals surface area contributed by atoms with E-state index in [0.717, 1.165) is 70.0 Å². The largest absolute Gasteiger partial charge is 0.496 e. The summed E-state index contributed by atoms with van der Waals surface area (Å²) in [7, 11) is 1.68. The van der Waals surface area contributed by atoms with Crippen LogP contribution < -0.4 is 15.0 Å². The van der Waals surface area contributed by atoms with Gasteiger partial charge in [-0.1, -0.05) is 0 Å². The van der Waals surface area contributed by atoms with Crippen LogP contribution in [-0.4, -0.2) is 46.7 Å². The summed E-state index contributed by atoms with van der Waals surface area (Å²) in [5, 5.41) is 3.70. The summed E-state index contributed by atoms with van der Waals surface area (Å²) in [6.45, 7) is 12.5. The van der Waals surface area contributed by atoms with Gasteiger partial charge in [0.1, 0.15) is 17.1 Å². The number of anilines is 1. The Balaban J connectivity index is 1.47. The van der Waals surface area contributed by atoms with Crippen molar-refractivity contribution in [2.75, 3.05) is 25.1 Å². The molecule has 5 rings (SSSR count). The first-order valence-corrected chi connectivity index (χ1v) is 11.5. The molecule has 33 heavy (non-hydrogen) atoms. The van der Waals surface area contributed by atoms with Gasteiger partial charge in [-0.15, -0.1) is 0 Å². The standard InChI is InChI=1S/C26H31N5O2/c1-15-24-22(33-16(2)27-24)13-18(25(15)32-6)19-7-8-21-20(28-19)9-10-23(29-21)31-12-11-17(14-31)30-26(3,4)5/h7-10,13,17,30H,11-12,14H2,1-6H3. The van der Waals surface area contributed by atoms with Crippen molar-refractivity contribution in [3.05, 3.63) is 41.8 Å². The van der Waals surface area contributed by atoms with Crippen molar-refractivity contribution in [3.63, 3.8) is 0 Å². The minimum Gasteiger partial charge on any atom is -0.496 e. The van der Waals surface area contributed by atoms with E-state index in [1.54, 1.807) is 7.11 Å². The molecule has 0 radical (unpaired) electrons. The summed E-state index contributed by atoms with van der Waals surface area (Å²) in [4.78, 5) is 16.7. The van der Waals surface area contributed by atoms with Gasteiger partial charge in [-0.3, -0.25) is 0 Å². The van der Waals surface area contributed by atoms with Gasteiger partial charge in [0.25, 0.3) is 0 Å². The normalized spacial score (nSPS) is 16.8. The SMILES string of the molecule is COc1c(-c2ccc3nc(N4CCC(NC(C)(C)C)C4)ccc3n2)cc2oc(C)nc2c1C. The Morgan fingerprint density at radius 3 is 2.58 bits per heavy atom. The molecule has 172 valence electrons. The zero-order chi connectivity index (χ0) is 23.3. The quantitative estimate of drug-likeness (QED) is 0.472. The highest BCUT2D eigenvalue weighted by molar-refractivity contribution is 5.89. The Kier molecular flexibility index (Phi) is 5.24. The fraction of sp³-hybridized carbons (Fsp3) is 0.423. The number of aryl methyl sites for hydroxylation is 2. The number of oxazole rings is 1. The summed E-state index contributed by atoms with van der Waals surface area (Å²) in [6.07, 6.45) is 1.12. The first kappa shape index (κ1) is 21.6. The van der Waals surface area contributed by atoms with Crippen molar-refractivity contribution in [2.45, 2.75) is 52.6 Å². The Morgan fingerprint density at radius 2 is 1.82 bits per heavy atom. The Hall–Kier alpha value is -3.19. The summed E-state index contributed by atoms with van der Waals surface area (Å²) >= 11 is 0. The van der Waals surface area contributed by atoms with E-state index in [1.165, 1.54) is 0 Å². The number of rotatable bonds is 4. The van der Waals surface area contributed by atoms with Gasteiger partial charge in [0.2, 0.25) is 0 Å². The van der Waals surface area contributed by atoms with Crippen LogP contribution in [0.15, 0.2) is 34.7 Å². The molecule has 1 fully saturated rings. The van der Waals surface area contributed by atoms with Gasteiger partial charge >= 0.3 is 0 Å². The lowest BCUT2D eigenvalue weighted by molar-refractivity contribution is 0.373. The average Bonchev–Trinajstić information content (AvgIpc) is 3.37. The molecular weight excluding hydrogens is 414 g/mol. The number of nitrogens with zero attached hydrogens (tertiary/aromatic N) is 4. The molecule has 7 heteroatoms. The highest BCUT2D eigenvalue weighted by Gasteiger charge is 2.26. The van der Waals surface area contributed by atoms with E-state index < -0.39 is 0 Å².